The zero-order chi connectivity index (χ0) is 17.2. The highest BCUT2D eigenvalue weighted by atomic mass is 16.5. The molecule has 0 fully saturated rings. The third-order valence-corrected chi connectivity index (χ3v) is 3.36. The molecule has 0 aliphatic heterocycles. The summed E-state index contributed by atoms with van der Waals surface area (Å²) in [5, 5.41) is 14.6. The lowest BCUT2D eigenvalue weighted by Gasteiger charge is -2.09. The number of carbonyl (C=O) groups excluding carboxylic acids is 1. The Morgan fingerprint density at radius 1 is 1.17 bits per heavy atom. The van der Waals surface area contributed by atoms with Gasteiger partial charge in [-0.1, -0.05) is 43.0 Å². The molecule has 0 unspecified atom stereocenters. The summed E-state index contributed by atoms with van der Waals surface area (Å²) in [6, 6.07) is 14.6. The topological polar surface area (TPSA) is 70.6 Å². The standard InChI is InChI=1S/C19H22N2O3/c1-2-12-24-18-5-3-4-17(13-18)21-19(23)20-11-10-15-6-8-16(14-22)9-7-15/h2-9,13,22H,1,10-12,14H2,(H2,20,21,23). The smallest absolute Gasteiger partial charge is 0.319 e. The number of ether oxygens (including phenoxy) is 1. The van der Waals surface area contributed by atoms with Gasteiger partial charge < -0.3 is 20.5 Å². The number of benzene rings is 2. The van der Waals surface area contributed by atoms with E-state index >= 15 is 0 Å². The van der Waals surface area contributed by atoms with Gasteiger partial charge in [0, 0.05) is 18.3 Å². The molecule has 0 spiro atoms. The molecule has 126 valence electrons. The lowest BCUT2D eigenvalue weighted by Crippen LogP contribution is -2.30. The lowest BCUT2D eigenvalue weighted by molar-refractivity contribution is 0.252. The predicted molar refractivity (Wildman–Crippen MR) is 95.2 cm³/mol. The van der Waals surface area contributed by atoms with Gasteiger partial charge in [0.2, 0.25) is 0 Å². The first-order valence-electron chi connectivity index (χ1n) is 7.78. The molecule has 0 heterocycles. The van der Waals surface area contributed by atoms with Crippen molar-refractivity contribution in [1.29, 1.82) is 0 Å². The number of rotatable bonds is 8. The highest BCUT2D eigenvalue weighted by Gasteiger charge is 2.03. The van der Waals surface area contributed by atoms with Crippen LogP contribution in [0.2, 0.25) is 0 Å². The van der Waals surface area contributed by atoms with E-state index in [9.17, 15) is 4.79 Å². The van der Waals surface area contributed by atoms with Gasteiger partial charge in [0.15, 0.2) is 0 Å². The van der Waals surface area contributed by atoms with Crippen molar-refractivity contribution in [2.24, 2.45) is 0 Å². The highest BCUT2D eigenvalue weighted by Crippen LogP contribution is 2.17. The summed E-state index contributed by atoms with van der Waals surface area (Å²) in [4.78, 5) is 11.9. The van der Waals surface area contributed by atoms with Gasteiger partial charge >= 0.3 is 6.03 Å². The molecule has 5 nitrogen and oxygen atoms in total. The van der Waals surface area contributed by atoms with Gasteiger partial charge in [0.1, 0.15) is 12.4 Å². The molecule has 0 aliphatic carbocycles. The van der Waals surface area contributed by atoms with Crippen molar-refractivity contribution in [3.8, 4) is 5.75 Å². The van der Waals surface area contributed by atoms with Crippen molar-refractivity contribution < 1.29 is 14.6 Å². The Balaban J connectivity index is 1.77. The van der Waals surface area contributed by atoms with E-state index in [4.69, 9.17) is 9.84 Å². The quantitative estimate of drug-likeness (QED) is 0.653. The third kappa shape index (κ3) is 5.78. The number of hydrogen-bond acceptors (Lipinski definition) is 3. The second-order valence-corrected chi connectivity index (χ2v) is 5.23. The molecule has 0 bridgehead atoms. The molecule has 2 amide bonds. The Hall–Kier alpha value is -2.79. The Kier molecular flexibility index (Phi) is 6.86. The van der Waals surface area contributed by atoms with Crippen LogP contribution in [0.1, 0.15) is 11.1 Å². The number of carbonyl (C=O) groups is 1. The molecule has 0 saturated carbocycles. The van der Waals surface area contributed by atoms with E-state index in [1.54, 1.807) is 18.2 Å². The first kappa shape index (κ1) is 17.6. The van der Waals surface area contributed by atoms with Gasteiger partial charge in [0.25, 0.3) is 0 Å². The average Bonchev–Trinajstić information content (AvgIpc) is 2.61. The molecule has 3 N–H and O–H groups in total. The minimum absolute atomic E-state index is 0.0382. The number of urea groups is 1. The molecule has 2 aromatic carbocycles. The molecule has 2 rings (SSSR count). The molecular weight excluding hydrogens is 304 g/mol. The van der Waals surface area contributed by atoms with Crippen LogP contribution in [0.5, 0.6) is 5.75 Å². The van der Waals surface area contributed by atoms with Crippen molar-refractivity contribution in [2.45, 2.75) is 13.0 Å². The maximum absolute atomic E-state index is 11.9. The summed E-state index contributed by atoms with van der Waals surface area (Å²) < 4.78 is 5.43. The van der Waals surface area contributed by atoms with Gasteiger partial charge in [-0.05, 0) is 29.7 Å². The first-order valence-corrected chi connectivity index (χ1v) is 7.78. The SMILES string of the molecule is C=CCOc1cccc(NC(=O)NCCc2ccc(CO)cc2)c1. The summed E-state index contributed by atoms with van der Waals surface area (Å²) >= 11 is 0. The number of aliphatic hydroxyl groups excluding tert-OH is 1. The molecular formula is C19H22N2O3. The van der Waals surface area contributed by atoms with E-state index < -0.39 is 0 Å². The van der Waals surface area contributed by atoms with Crippen LogP contribution < -0.4 is 15.4 Å². The van der Waals surface area contributed by atoms with Crippen LogP contribution in [-0.2, 0) is 13.0 Å². The number of aliphatic hydroxyl groups is 1. The Bertz CT molecular complexity index is 669. The molecule has 0 atom stereocenters. The van der Waals surface area contributed by atoms with Crippen LogP contribution in [0, 0.1) is 0 Å². The summed E-state index contributed by atoms with van der Waals surface area (Å²) in [6.07, 6.45) is 2.39. The van der Waals surface area contributed by atoms with Crippen LogP contribution in [0.15, 0.2) is 61.2 Å². The van der Waals surface area contributed by atoms with Gasteiger partial charge in [-0.2, -0.15) is 0 Å². The molecule has 24 heavy (non-hydrogen) atoms. The Labute approximate surface area is 142 Å². The molecule has 2 aromatic rings. The first-order chi connectivity index (χ1) is 11.7. The monoisotopic (exact) mass is 326 g/mol. The van der Waals surface area contributed by atoms with Crippen molar-refractivity contribution >= 4 is 11.7 Å². The fraction of sp³-hybridized carbons (Fsp3) is 0.211. The fourth-order valence-corrected chi connectivity index (χ4v) is 2.13. The lowest BCUT2D eigenvalue weighted by atomic mass is 10.1. The van der Waals surface area contributed by atoms with E-state index in [0.717, 1.165) is 17.5 Å². The molecule has 0 saturated heterocycles. The second kappa shape index (κ2) is 9.37. The van der Waals surface area contributed by atoms with E-state index in [1.807, 2.05) is 36.4 Å². The Morgan fingerprint density at radius 2 is 1.92 bits per heavy atom. The number of nitrogens with one attached hydrogen (secondary N) is 2. The zero-order valence-corrected chi connectivity index (χ0v) is 13.5. The maximum Gasteiger partial charge on any atom is 0.319 e. The van der Waals surface area contributed by atoms with Crippen LogP contribution in [0.25, 0.3) is 0 Å². The number of amides is 2. The van der Waals surface area contributed by atoms with Crippen LogP contribution in [-0.4, -0.2) is 24.3 Å². The van der Waals surface area contributed by atoms with Crippen LogP contribution in [0.4, 0.5) is 10.5 Å². The number of hydrogen-bond donors (Lipinski definition) is 3. The van der Waals surface area contributed by atoms with Gasteiger partial charge in [-0.25, -0.2) is 4.79 Å². The number of anilines is 1. The predicted octanol–water partition coefficient (Wildman–Crippen LogP) is 3.11. The minimum atomic E-state index is -0.261. The largest absolute Gasteiger partial charge is 0.489 e. The zero-order valence-electron chi connectivity index (χ0n) is 13.5. The van der Waals surface area contributed by atoms with Crippen molar-refractivity contribution in [3.63, 3.8) is 0 Å². The summed E-state index contributed by atoms with van der Waals surface area (Å²) in [6.45, 7) is 4.58. The maximum atomic E-state index is 11.9. The van der Waals surface area contributed by atoms with E-state index in [2.05, 4.69) is 17.2 Å². The van der Waals surface area contributed by atoms with Crippen molar-refractivity contribution in [3.05, 3.63) is 72.3 Å². The van der Waals surface area contributed by atoms with Crippen LogP contribution >= 0.6 is 0 Å². The normalized spacial score (nSPS) is 10.0. The molecule has 0 radical (unpaired) electrons. The van der Waals surface area contributed by atoms with Crippen LogP contribution in [0.3, 0.4) is 0 Å². The fourth-order valence-electron chi connectivity index (χ4n) is 2.13. The minimum Gasteiger partial charge on any atom is -0.489 e. The Morgan fingerprint density at radius 3 is 2.62 bits per heavy atom. The van der Waals surface area contributed by atoms with E-state index in [0.29, 0.717) is 24.6 Å². The van der Waals surface area contributed by atoms with Gasteiger partial charge in [0.05, 0.1) is 6.61 Å². The van der Waals surface area contributed by atoms with Gasteiger partial charge in [-0.3, -0.25) is 0 Å². The van der Waals surface area contributed by atoms with Crippen molar-refractivity contribution in [1.82, 2.24) is 5.32 Å². The summed E-state index contributed by atoms with van der Waals surface area (Å²) in [5.74, 6) is 0.677. The van der Waals surface area contributed by atoms with Crippen molar-refractivity contribution in [2.75, 3.05) is 18.5 Å². The van der Waals surface area contributed by atoms with E-state index in [1.165, 1.54) is 0 Å². The molecule has 0 aromatic heterocycles. The average molecular weight is 326 g/mol. The summed E-state index contributed by atoms with van der Waals surface area (Å²) in [5.41, 5.74) is 2.65. The molecule has 5 heteroatoms. The second-order valence-electron chi connectivity index (χ2n) is 5.23. The summed E-state index contributed by atoms with van der Waals surface area (Å²) in [7, 11) is 0. The highest BCUT2D eigenvalue weighted by molar-refractivity contribution is 5.89. The third-order valence-electron chi connectivity index (χ3n) is 3.36. The van der Waals surface area contributed by atoms with E-state index in [-0.39, 0.29) is 12.6 Å². The van der Waals surface area contributed by atoms with Gasteiger partial charge in [-0.15, -0.1) is 0 Å². The molecule has 0 aliphatic rings.